The average molecular weight is 360 g/mol. The van der Waals surface area contributed by atoms with E-state index in [-0.39, 0.29) is 11.6 Å². The van der Waals surface area contributed by atoms with Crippen molar-refractivity contribution < 1.29 is 9.18 Å². The second-order valence-corrected chi connectivity index (χ2v) is 5.52. The predicted octanol–water partition coefficient (Wildman–Crippen LogP) is 4.48. The van der Waals surface area contributed by atoms with Gasteiger partial charge in [0, 0.05) is 7.05 Å². The van der Waals surface area contributed by atoms with Crippen molar-refractivity contribution in [1.29, 1.82) is 0 Å². The Morgan fingerprint density at radius 2 is 1.85 bits per heavy atom. The Bertz CT molecular complexity index is 483. The highest BCUT2D eigenvalue weighted by Gasteiger charge is 2.00. The molecule has 1 rings (SSSR count). The Kier molecular flexibility index (Phi) is 10.3. The number of rotatable bonds is 4. The van der Waals surface area contributed by atoms with E-state index in [9.17, 15) is 9.18 Å². The van der Waals surface area contributed by atoms with Crippen molar-refractivity contribution >= 4 is 39.2 Å². The Morgan fingerprint density at radius 1 is 1.35 bits per heavy atom. The van der Waals surface area contributed by atoms with E-state index in [1.165, 1.54) is 24.0 Å². The molecule has 0 heterocycles. The van der Waals surface area contributed by atoms with Crippen molar-refractivity contribution in [2.75, 3.05) is 18.6 Å². The number of carbonyl (C=O) groups excluding carboxylic acids is 1. The van der Waals surface area contributed by atoms with Crippen LogP contribution in [0.2, 0.25) is 0 Å². The molecule has 0 bridgehead atoms. The first-order chi connectivity index (χ1) is 9.44. The second-order valence-electron chi connectivity index (χ2n) is 3.91. The Hall–Kier alpha value is -0.940. The highest BCUT2D eigenvalue weighted by Crippen LogP contribution is 2.13. The predicted molar refractivity (Wildman–Crippen MR) is 90.6 cm³/mol. The fourth-order valence-corrected chi connectivity index (χ4v) is 1.38. The van der Waals surface area contributed by atoms with Crippen molar-refractivity contribution in [3.63, 3.8) is 0 Å². The molecule has 0 aromatic heterocycles. The number of hydrogen-bond acceptors (Lipinski definition) is 3. The molecule has 5 heteroatoms. The van der Waals surface area contributed by atoms with Crippen LogP contribution in [0.15, 0.2) is 40.2 Å². The molecule has 0 saturated carbocycles. The van der Waals surface area contributed by atoms with Crippen molar-refractivity contribution in [3.05, 3.63) is 46.6 Å². The highest BCUT2D eigenvalue weighted by atomic mass is 79.9. The van der Waals surface area contributed by atoms with E-state index in [0.29, 0.717) is 5.33 Å². The van der Waals surface area contributed by atoms with Gasteiger partial charge in [0.1, 0.15) is 11.6 Å². The summed E-state index contributed by atoms with van der Waals surface area (Å²) in [5.41, 5.74) is 1.81. The maximum absolute atomic E-state index is 12.7. The molecule has 0 fully saturated rings. The summed E-state index contributed by atoms with van der Waals surface area (Å²) in [6, 6.07) is 6.37. The molecule has 110 valence electrons. The van der Waals surface area contributed by atoms with Crippen LogP contribution < -0.4 is 0 Å². The van der Waals surface area contributed by atoms with Crippen LogP contribution in [0.5, 0.6) is 0 Å². The number of Topliss-reactive ketones (excluding diaryl/α,β-unsaturated/α-hetero) is 1. The lowest BCUT2D eigenvalue weighted by Gasteiger charge is -2.02. The average Bonchev–Trinajstić information content (AvgIpc) is 2.46. The number of nitrogens with zero attached hydrogens (tertiary/aromatic N) is 1. The van der Waals surface area contributed by atoms with Crippen molar-refractivity contribution in [1.82, 2.24) is 0 Å². The molecule has 1 aromatic carbocycles. The third-order valence-electron chi connectivity index (χ3n) is 2.23. The van der Waals surface area contributed by atoms with Gasteiger partial charge in [0.15, 0.2) is 0 Å². The molecule has 0 N–H and O–H groups in total. The molecule has 20 heavy (non-hydrogen) atoms. The minimum absolute atomic E-state index is 0.171. The molecule has 0 saturated heterocycles. The summed E-state index contributed by atoms with van der Waals surface area (Å²) >= 11 is 4.64. The molecule has 0 spiro atoms. The summed E-state index contributed by atoms with van der Waals surface area (Å²) < 4.78 is 12.7. The molecule has 0 aliphatic rings. The smallest absolute Gasteiger partial charge is 0.140 e. The minimum Gasteiger partial charge on any atom is -0.299 e. The first kappa shape index (κ1) is 19.1. The lowest BCUT2D eigenvalue weighted by Crippen LogP contribution is -1.97. The van der Waals surface area contributed by atoms with Crippen molar-refractivity contribution in [2.24, 2.45) is 4.99 Å². The van der Waals surface area contributed by atoms with E-state index in [4.69, 9.17) is 0 Å². The molecule has 2 nitrogen and oxygen atoms in total. The second kappa shape index (κ2) is 10.8. The van der Waals surface area contributed by atoms with Crippen molar-refractivity contribution in [3.8, 4) is 0 Å². The maximum Gasteiger partial charge on any atom is 0.140 e. The summed E-state index contributed by atoms with van der Waals surface area (Å²) in [5.74, 6) is -0.0511. The van der Waals surface area contributed by atoms with Gasteiger partial charge in [0.2, 0.25) is 0 Å². The zero-order chi connectivity index (χ0) is 15.5. The number of benzene rings is 1. The summed E-state index contributed by atoms with van der Waals surface area (Å²) in [5, 5.41) is 0.479. The Labute approximate surface area is 132 Å². The van der Waals surface area contributed by atoms with Gasteiger partial charge >= 0.3 is 0 Å². The SMILES string of the molecule is CC(=O)CBr.CN=C(/C=C(\C)SC)c1ccc(F)cc1. The number of ketones is 1. The van der Waals surface area contributed by atoms with Crippen LogP contribution in [0.4, 0.5) is 4.39 Å². The third-order valence-corrected chi connectivity index (χ3v) is 3.78. The largest absolute Gasteiger partial charge is 0.299 e. The van der Waals surface area contributed by atoms with E-state index in [2.05, 4.69) is 20.9 Å². The quantitative estimate of drug-likeness (QED) is 0.585. The summed E-state index contributed by atoms with van der Waals surface area (Å²) in [4.78, 5) is 15.1. The van der Waals surface area contributed by atoms with Crippen LogP contribution in [0, 0.1) is 5.82 Å². The topological polar surface area (TPSA) is 29.4 Å². The van der Waals surface area contributed by atoms with Gasteiger partial charge in [0.05, 0.1) is 11.0 Å². The standard InChI is InChI=1S/C12H14FNS.C3H5BrO/c1-9(15-3)8-12(14-2)10-4-6-11(13)7-5-10;1-3(5)2-4/h4-8H,1-3H3;2H2,1H3/b9-8+,14-12?;. The summed E-state index contributed by atoms with van der Waals surface area (Å²) in [6.07, 6.45) is 4.02. The fraction of sp³-hybridized carbons (Fsp3) is 0.333. The van der Waals surface area contributed by atoms with Crippen LogP contribution in [0.1, 0.15) is 19.4 Å². The van der Waals surface area contributed by atoms with Gasteiger partial charge in [-0.3, -0.25) is 9.79 Å². The van der Waals surface area contributed by atoms with E-state index in [0.717, 1.165) is 11.3 Å². The lowest BCUT2D eigenvalue weighted by molar-refractivity contribution is -0.114. The fourth-order valence-electron chi connectivity index (χ4n) is 1.15. The molecular weight excluding hydrogens is 341 g/mol. The van der Waals surface area contributed by atoms with Gasteiger partial charge < -0.3 is 0 Å². The van der Waals surface area contributed by atoms with Gasteiger partial charge in [0.25, 0.3) is 0 Å². The normalized spacial score (nSPS) is 11.7. The van der Waals surface area contributed by atoms with E-state index in [1.807, 2.05) is 19.3 Å². The van der Waals surface area contributed by atoms with Crippen LogP contribution >= 0.6 is 27.7 Å². The number of aliphatic imine (C=N–C) groups is 1. The van der Waals surface area contributed by atoms with Gasteiger partial charge in [-0.25, -0.2) is 4.39 Å². The molecule has 0 unspecified atom stereocenters. The Balaban J connectivity index is 0.000000621. The molecule has 1 aromatic rings. The molecular formula is C15H19BrFNOS. The van der Waals surface area contributed by atoms with Crippen LogP contribution in [0.3, 0.4) is 0 Å². The van der Waals surface area contributed by atoms with E-state index >= 15 is 0 Å². The molecule has 0 atom stereocenters. The monoisotopic (exact) mass is 359 g/mol. The van der Waals surface area contributed by atoms with Crippen LogP contribution in [-0.2, 0) is 4.79 Å². The third kappa shape index (κ3) is 8.27. The van der Waals surface area contributed by atoms with E-state index < -0.39 is 0 Å². The number of thioether (sulfide) groups is 1. The first-order valence-corrected chi connectivity index (χ1v) is 8.29. The summed E-state index contributed by atoms with van der Waals surface area (Å²) in [7, 11) is 1.74. The first-order valence-electron chi connectivity index (χ1n) is 5.95. The molecule has 0 aliphatic heterocycles. The number of hydrogen-bond donors (Lipinski definition) is 0. The summed E-state index contributed by atoms with van der Waals surface area (Å²) in [6.45, 7) is 3.56. The molecule has 0 radical (unpaired) electrons. The minimum atomic E-state index is -0.222. The van der Waals surface area contributed by atoms with Crippen LogP contribution in [-0.4, -0.2) is 30.1 Å². The Morgan fingerprint density at radius 3 is 2.20 bits per heavy atom. The van der Waals surface area contributed by atoms with Crippen molar-refractivity contribution in [2.45, 2.75) is 13.8 Å². The lowest BCUT2D eigenvalue weighted by atomic mass is 10.1. The number of halogens is 2. The van der Waals surface area contributed by atoms with Gasteiger partial charge in [-0.05, 0) is 60.9 Å². The van der Waals surface area contributed by atoms with Gasteiger partial charge in [-0.15, -0.1) is 11.8 Å². The van der Waals surface area contributed by atoms with Crippen LogP contribution in [0.25, 0.3) is 0 Å². The maximum atomic E-state index is 12.7. The number of allylic oxidation sites excluding steroid dienone is 2. The number of alkyl halides is 1. The molecule has 0 aliphatic carbocycles. The van der Waals surface area contributed by atoms with Gasteiger partial charge in [-0.2, -0.15) is 0 Å². The molecule has 0 amide bonds. The highest BCUT2D eigenvalue weighted by molar-refractivity contribution is 9.09. The zero-order valence-corrected chi connectivity index (χ0v) is 14.5. The number of carbonyl (C=O) groups is 1. The zero-order valence-electron chi connectivity index (χ0n) is 12.1. The van der Waals surface area contributed by atoms with Gasteiger partial charge in [-0.1, -0.05) is 15.9 Å². The van der Waals surface area contributed by atoms with E-state index in [1.54, 1.807) is 30.9 Å².